The summed E-state index contributed by atoms with van der Waals surface area (Å²) >= 11 is 0. The standard InChI is InChI=1S/C19H20F2N2O5/c1-4-25-14-8-11(6-7-13(14)28-19(20)21)16-12(9-22)17(23)27-10(3)15(16)18(24)26-5-2/h6-8,16,19H,4-5,23H2,1-3H3. The molecule has 0 saturated heterocycles. The van der Waals surface area contributed by atoms with Crippen LogP contribution in [0, 0.1) is 11.3 Å². The molecule has 0 saturated carbocycles. The van der Waals surface area contributed by atoms with Gasteiger partial charge >= 0.3 is 12.6 Å². The Hall–Kier alpha value is -3.28. The molecule has 1 unspecified atom stereocenters. The molecule has 28 heavy (non-hydrogen) atoms. The first-order valence-electron chi connectivity index (χ1n) is 8.50. The predicted octanol–water partition coefficient (Wildman–Crippen LogP) is 3.33. The van der Waals surface area contributed by atoms with Gasteiger partial charge in [-0.05, 0) is 38.5 Å². The van der Waals surface area contributed by atoms with Crippen molar-refractivity contribution in [1.82, 2.24) is 0 Å². The van der Waals surface area contributed by atoms with Crippen LogP contribution >= 0.6 is 0 Å². The lowest BCUT2D eigenvalue weighted by Crippen LogP contribution is -2.25. The van der Waals surface area contributed by atoms with Gasteiger partial charge in [0.1, 0.15) is 17.4 Å². The van der Waals surface area contributed by atoms with E-state index in [1.807, 2.05) is 6.07 Å². The van der Waals surface area contributed by atoms with Gasteiger partial charge in [0, 0.05) is 0 Å². The Kier molecular flexibility index (Phi) is 6.82. The second-order valence-corrected chi connectivity index (χ2v) is 5.63. The molecule has 7 nitrogen and oxygen atoms in total. The lowest BCUT2D eigenvalue weighted by molar-refractivity contribution is -0.139. The Morgan fingerprint density at radius 2 is 2.04 bits per heavy atom. The third-order valence-electron chi connectivity index (χ3n) is 3.92. The summed E-state index contributed by atoms with van der Waals surface area (Å²) in [7, 11) is 0. The highest BCUT2D eigenvalue weighted by atomic mass is 19.3. The van der Waals surface area contributed by atoms with Gasteiger partial charge in [0.2, 0.25) is 5.88 Å². The highest BCUT2D eigenvalue weighted by Gasteiger charge is 2.36. The van der Waals surface area contributed by atoms with Gasteiger partial charge in [-0.15, -0.1) is 0 Å². The maximum absolute atomic E-state index is 12.6. The number of nitrogens with zero attached hydrogens (tertiary/aromatic N) is 1. The minimum atomic E-state index is -3.03. The van der Waals surface area contributed by atoms with Crippen molar-refractivity contribution in [2.24, 2.45) is 5.73 Å². The van der Waals surface area contributed by atoms with Gasteiger partial charge in [-0.25, -0.2) is 4.79 Å². The number of hydrogen-bond donors (Lipinski definition) is 1. The van der Waals surface area contributed by atoms with E-state index in [1.54, 1.807) is 13.8 Å². The molecule has 1 aromatic rings. The van der Waals surface area contributed by atoms with Crippen LogP contribution in [0.2, 0.25) is 0 Å². The highest BCUT2D eigenvalue weighted by molar-refractivity contribution is 5.92. The number of nitrogens with two attached hydrogens (primary N) is 1. The zero-order valence-electron chi connectivity index (χ0n) is 15.6. The molecule has 0 radical (unpaired) electrons. The SMILES string of the molecule is CCOC(=O)C1=C(C)OC(N)=C(C#N)C1c1ccc(OC(F)F)c(OCC)c1. The zero-order chi connectivity index (χ0) is 20.8. The van der Waals surface area contributed by atoms with Crippen molar-refractivity contribution in [2.45, 2.75) is 33.3 Å². The lowest BCUT2D eigenvalue weighted by Gasteiger charge is -2.27. The molecule has 1 heterocycles. The summed E-state index contributed by atoms with van der Waals surface area (Å²) in [6, 6.07) is 6.10. The van der Waals surface area contributed by atoms with E-state index >= 15 is 0 Å². The van der Waals surface area contributed by atoms with Crippen LogP contribution in [0.1, 0.15) is 32.3 Å². The summed E-state index contributed by atoms with van der Waals surface area (Å²) in [4.78, 5) is 12.5. The number of carbonyl (C=O) groups excluding carboxylic acids is 1. The van der Waals surface area contributed by atoms with Crippen molar-refractivity contribution in [3.63, 3.8) is 0 Å². The molecule has 0 fully saturated rings. The minimum Gasteiger partial charge on any atom is -0.490 e. The monoisotopic (exact) mass is 394 g/mol. The molecule has 0 aromatic heterocycles. The topological polar surface area (TPSA) is 104 Å². The lowest BCUT2D eigenvalue weighted by atomic mass is 9.83. The van der Waals surface area contributed by atoms with E-state index in [0.29, 0.717) is 5.56 Å². The average molecular weight is 394 g/mol. The quantitative estimate of drug-likeness (QED) is 0.708. The molecule has 0 spiro atoms. The van der Waals surface area contributed by atoms with E-state index in [1.165, 1.54) is 25.1 Å². The molecule has 0 aliphatic carbocycles. The van der Waals surface area contributed by atoms with Gasteiger partial charge in [0.05, 0.1) is 24.7 Å². The van der Waals surface area contributed by atoms with Gasteiger partial charge in [0.15, 0.2) is 11.5 Å². The van der Waals surface area contributed by atoms with E-state index in [0.717, 1.165) is 0 Å². The number of rotatable bonds is 7. The summed E-state index contributed by atoms with van der Waals surface area (Å²) in [5.41, 5.74) is 6.34. The van der Waals surface area contributed by atoms with Crippen LogP contribution in [0.15, 0.2) is 41.0 Å². The second kappa shape index (κ2) is 9.08. The first-order chi connectivity index (χ1) is 13.3. The summed E-state index contributed by atoms with van der Waals surface area (Å²) < 4.78 is 45.5. The minimum absolute atomic E-state index is 0.00127. The number of esters is 1. The van der Waals surface area contributed by atoms with Gasteiger partial charge < -0.3 is 24.7 Å². The van der Waals surface area contributed by atoms with Crippen molar-refractivity contribution < 1.29 is 32.5 Å². The number of alkyl halides is 2. The number of nitriles is 1. The summed E-state index contributed by atoms with van der Waals surface area (Å²) in [5, 5.41) is 9.56. The van der Waals surface area contributed by atoms with E-state index in [2.05, 4.69) is 4.74 Å². The molecule has 0 bridgehead atoms. The average Bonchev–Trinajstić information content (AvgIpc) is 2.62. The molecule has 2 rings (SSSR count). The van der Waals surface area contributed by atoms with Gasteiger partial charge in [0.25, 0.3) is 0 Å². The molecule has 150 valence electrons. The molecule has 1 aliphatic heterocycles. The van der Waals surface area contributed by atoms with Gasteiger partial charge in [-0.3, -0.25) is 0 Å². The summed E-state index contributed by atoms with van der Waals surface area (Å²) in [6.45, 7) is 2.13. The zero-order valence-corrected chi connectivity index (χ0v) is 15.6. The highest BCUT2D eigenvalue weighted by Crippen LogP contribution is 2.42. The van der Waals surface area contributed by atoms with E-state index in [-0.39, 0.29) is 47.5 Å². The molecule has 1 aliphatic rings. The largest absolute Gasteiger partial charge is 0.490 e. The smallest absolute Gasteiger partial charge is 0.387 e. The van der Waals surface area contributed by atoms with E-state index in [9.17, 15) is 18.8 Å². The maximum Gasteiger partial charge on any atom is 0.387 e. The summed E-state index contributed by atoms with van der Waals surface area (Å²) in [6.07, 6.45) is 0. The molecule has 0 amide bonds. The van der Waals surface area contributed by atoms with Crippen molar-refractivity contribution in [3.05, 3.63) is 46.6 Å². The first kappa shape index (κ1) is 21.0. The number of halogens is 2. The van der Waals surface area contributed by atoms with Gasteiger partial charge in [-0.1, -0.05) is 6.07 Å². The fraction of sp³-hybridized carbons (Fsp3) is 0.368. The number of carbonyl (C=O) groups is 1. The van der Waals surface area contributed by atoms with E-state index in [4.69, 9.17) is 19.9 Å². The predicted molar refractivity (Wildman–Crippen MR) is 94.2 cm³/mol. The Labute approximate surface area is 160 Å². The van der Waals surface area contributed by atoms with Crippen molar-refractivity contribution in [1.29, 1.82) is 5.26 Å². The first-order valence-corrected chi connectivity index (χ1v) is 8.50. The number of hydrogen-bond acceptors (Lipinski definition) is 7. The van der Waals surface area contributed by atoms with Crippen LogP contribution in [0.3, 0.4) is 0 Å². The number of ether oxygens (including phenoxy) is 4. The molecular formula is C19H20F2N2O5. The molecule has 1 atom stereocenters. The normalized spacial score (nSPS) is 16.5. The Bertz CT molecular complexity index is 858. The Balaban J connectivity index is 2.62. The fourth-order valence-corrected chi connectivity index (χ4v) is 2.85. The number of allylic oxidation sites excluding steroid dienone is 2. The Morgan fingerprint density at radius 1 is 1.32 bits per heavy atom. The maximum atomic E-state index is 12.6. The van der Waals surface area contributed by atoms with Crippen LogP contribution in [-0.2, 0) is 14.3 Å². The fourth-order valence-electron chi connectivity index (χ4n) is 2.85. The summed E-state index contributed by atoms with van der Waals surface area (Å²) in [5.74, 6) is -1.66. The molecule has 9 heteroatoms. The third-order valence-corrected chi connectivity index (χ3v) is 3.92. The van der Waals surface area contributed by atoms with Crippen molar-refractivity contribution in [3.8, 4) is 17.6 Å². The van der Waals surface area contributed by atoms with E-state index < -0.39 is 18.5 Å². The van der Waals surface area contributed by atoms with Crippen molar-refractivity contribution >= 4 is 5.97 Å². The second-order valence-electron chi connectivity index (χ2n) is 5.63. The third kappa shape index (κ3) is 4.34. The van der Waals surface area contributed by atoms with Crippen molar-refractivity contribution in [2.75, 3.05) is 13.2 Å². The van der Waals surface area contributed by atoms with Crippen LogP contribution in [0.5, 0.6) is 11.5 Å². The van der Waals surface area contributed by atoms with Crippen LogP contribution in [-0.4, -0.2) is 25.8 Å². The Morgan fingerprint density at radius 3 is 2.61 bits per heavy atom. The number of benzene rings is 1. The van der Waals surface area contributed by atoms with Crippen LogP contribution in [0.4, 0.5) is 8.78 Å². The molecular weight excluding hydrogens is 374 g/mol. The molecule has 2 N–H and O–H groups in total. The van der Waals surface area contributed by atoms with Crippen LogP contribution in [0.25, 0.3) is 0 Å². The van der Waals surface area contributed by atoms with Crippen LogP contribution < -0.4 is 15.2 Å². The van der Waals surface area contributed by atoms with Gasteiger partial charge in [-0.2, -0.15) is 14.0 Å². The molecule has 1 aromatic carbocycles.